The van der Waals surface area contributed by atoms with Gasteiger partial charge in [-0.3, -0.25) is 24.9 Å². The second-order valence-electron chi connectivity index (χ2n) is 8.76. The highest BCUT2D eigenvalue weighted by Gasteiger charge is 2.33. The van der Waals surface area contributed by atoms with Crippen molar-refractivity contribution >= 4 is 23.4 Å². The van der Waals surface area contributed by atoms with Gasteiger partial charge in [0, 0.05) is 54.9 Å². The van der Waals surface area contributed by atoms with Crippen LogP contribution in [0.15, 0.2) is 66.0 Å². The number of rotatable bonds is 7. The minimum atomic E-state index is -4.90. The van der Waals surface area contributed by atoms with E-state index in [0.717, 1.165) is 17.8 Å². The third-order valence-electron chi connectivity index (χ3n) is 6.16. The fraction of sp³-hybridized carbons (Fsp3) is 0.148. The molecule has 12 heteroatoms. The maximum Gasteiger partial charge on any atom is 0.416 e. The summed E-state index contributed by atoms with van der Waals surface area (Å²) in [4.78, 5) is 40.4. The number of aromatic nitrogens is 3. The molecular weight excluding hydrogens is 518 g/mol. The van der Waals surface area contributed by atoms with Gasteiger partial charge in [0.05, 0.1) is 21.9 Å². The van der Waals surface area contributed by atoms with E-state index in [0.29, 0.717) is 46.8 Å². The van der Waals surface area contributed by atoms with Crippen LogP contribution < -0.4 is 0 Å². The Morgan fingerprint density at radius 1 is 1.05 bits per heavy atom. The summed E-state index contributed by atoms with van der Waals surface area (Å²) in [6.07, 6.45) is 0.0988. The van der Waals surface area contributed by atoms with E-state index < -0.39 is 45.9 Å². The van der Waals surface area contributed by atoms with Crippen molar-refractivity contribution in [2.75, 3.05) is 0 Å². The molecule has 0 spiro atoms. The summed E-state index contributed by atoms with van der Waals surface area (Å²) in [5.74, 6) is -1.63. The van der Waals surface area contributed by atoms with Gasteiger partial charge in [0.15, 0.2) is 5.78 Å². The molecule has 0 bridgehead atoms. The zero-order valence-electron chi connectivity index (χ0n) is 19.9. The lowest BCUT2D eigenvalue weighted by Gasteiger charge is -2.12. The lowest BCUT2D eigenvalue weighted by Crippen LogP contribution is -2.11. The number of nitro groups is 1. The molecule has 0 amide bonds. The molecule has 0 saturated carbocycles. The third kappa shape index (κ3) is 5.40. The summed E-state index contributed by atoms with van der Waals surface area (Å²) in [6, 6.07) is 9.29. The molecule has 0 radical (unpaired) electrons. The Bertz CT molecular complexity index is 1650. The zero-order chi connectivity index (χ0) is 27.7. The summed E-state index contributed by atoms with van der Waals surface area (Å²) < 4.78 is 54.4. The van der Waals surface area contributed by atoms with Crippen molar-refractivity contribution in [3.05, 3.63) is 111 Å². The first-order valence-electron chi connectivity index (χ1n) is 11.6. The Hall–Kier alpha value is -4.87. The second kappa shape index (κ2) is 10.1. The van der Waals surface area contributed by atoms with Crippen LogP contribution in [0, 0.1) is 15.9 Å². The topological polar surface area (TPSA) is 111 Å². The smallest absolute Gasteiger partial charge is 0.294 e. The van der Waals surface area contributed by atoms with Gasteiger partial charge in [-0.25, -0.2) is 14.4 Å². The van der Waals surface area contributed by atoms with Crippen LogP contribution >= 0.6 is 0 Å². The number of carbonyl (C=O) groups is 1. The van der Waals surface area contributed by atoms with Crippen LogP contribution in [0.4, 0.5) is 28.9 Å². The van der Waals surface area contributed by atoms with Gasteiger partial charge < -0.3 is 0 Å². The molecule has 8 nitrogen and oxygen atoms in total. The van der Waals surface area contributed by atoms with Crippen molar-refractivity contribution in [2.24, 2.45) is 4.99 Å². The Balaban J connectivity index is 1.44. The first-order chi connectivity index (χ1) is 18.6. The molecule has 196 valence electrons. The minimum absolute atomic E-state index is 0.0671. The van der Waals surface area contributed by atoms with Gasteiger partial charge in [-0.2, -0.15) is 13.2 Å². The summed E-state index contributed by atoms with van der Waals surface area (Å²) in [5, 5.41) is 11.1. The number of fused-ring (bicyclic) bond motifs is 1. The van der Waals surface area contributed by atoms with Crippen LogP contribution in [-0.2, 0) is 25.4 Å². The predicted octanol–water partition coefficient (Wildman–Crippen LogP) is 5.88. The molecule has 4 aromatic rings. The Kier molecular flexibility index (Phi) is 6.69. The lowest BCUT2D eigenvalue weighted by atomic mass is 9.96. The molecular formula is C27H17F4N5O3. The first-order valence-corrected chi connectivity index (χ1v) is 11.6. The highest BCUT2D eigenvalue weighted by atomic mass is 19.4. The molecule has 0 atom stereocenters. The molecule has 0 N–H and O–H groups in total. The number of nitro benzene ring substituents is 1. The van der Waals surface area contributed by atoms with Crippen molar-refractivity contribution in [2.45, 2.75) is 25.4 Å². The van der Waals surface area contributed by atoms with Crippen LogP contribution in [0.25, 0.3) is 11.3 Å². The number of nitrogens with zero attached hydrogens (tertiary/aromatic N) is 5. The van der Waals surface area contributed by atoms with Gasteiger partial charge in [0.2, 0.25) is 0 Å². The molecule has 39 heavy (non-hydrogen) atoms. The van der Waals surface area contributed by atoms with Crippen LogP contribution in [0.2, 0.25) is 0 Å². The summed E-state index contributed by atoms with van der Waals surface area (Å²) in [6.45, 7) is 0. The molecule has 0 aliphatic carbocycles. The SMILES string of the molecule is O=C(Cc1cc(Cc2ncccc2-c2ncnc3c2N=CC3)ccc1F)c1cc([N+](=O)[O-])cc(C(F)(F)F)c1. The van der Waals surface area contributed by atoms with Gasteiger partial charge in [-0.1, -0.05) is 12.1 Å². The largest absolute Gasteiger partial charge is 0.416 e. The Morgan fingerprint density at radius 3 is 2.64 bits per heavy atom. The standard InChI is InChI=1S/C27H17F4N5O3/c28-21-4-3-15(9-23-20(2-1-6-32-23)25-26-22(5-7-33-26)34-14-35-25)8-16(21)12-24(37)17-10-18(27(29,30)31)13-19(11-17)36(38)39/h1-4,6-8,10-11,13-14H,5,9,12H2. The second-order valence-corrected chi connectivity index (χ2v) is 8.76. The highest BCUT2D eigenvalue weighted by molar-refractivity contribution is 5.98. The van der Waals surface area contributed by atoms with Gasteiger partial charge in [0.1, 0.15) is 23.5 Å². The number of hydrogen-bond acceptors (Lipinski definition) is 7. The number of carbonyl (C=O) groups excluding carboxylic acids is 1. The van der Waals surface area contributed by atoms with E-state index in [1.54, 1.807) is 18.5 Å². The van der Waals surface area contributed by atoms with Gasteiger partial charge in [0.25, 0.3) is 5.69 Å². The van der Waals surface area contributed by atoms with Gasteiger partial charge in [-0.15, -0.1) is 0 Å². The van der Waals surface area contributed by atoms with Crippen LogP contribution in [-0.4, -0.2) is 31.9 Å². The summed E-state index contributed by atoms with van der Waals surface area (Å²) >= 11 is 0. The number of aliphatic imine (C=N–C) groups is 1. The predicted molar refractivity (Wildman–Crippen MR) is 132 cm³/mol. The molecule has 0 unspecified atom stereocenters. The summed E-state index contributed by atoms with van der Waals surface area (Å²) in [5.41, 5.74) is 1.10. The van der Waals surface area contributed by atoms with E-state index in [4.69, 9.17) is 0 Å². The molecule has 0 fully saturated rings. The quantitative estimate of drug-likeness (QED) is 0.127. The van der Waals surface area contributed by atoms with Crippen molar-refractivity contribution in [3.63, 3.8) is 0 Å². The number of non-ortho nitro benzene ring substituents is 1. The Labute approximate surface area is 218 Å². The van der Waals surface area contributed by atoms with Gasteiger partial charge in [-0.05, 0) is 35.4 Å². The molecule has 2 aromatic carbocycles. The minimum Gasteiger partial charge on any atom is -0.294 e. The van der Waals surface area contributed by atoms with Crippen molar-refractivity contribution in [1.82, 2.24) is 15.0 Å². The fourth-order valence-corrected chi connectivity index (χ4v) is 4.30. The van der Waals surface area contributed by atoms with Gasteiger partial charge >= 0.3 is 6.18 Å². The van der Waals surface area contributed by atoms with E-state index in [2.05, 4.69) is 19.9 Å². The molecule has 0 saturated heterocycles. The Morgan fingerprint density at radius 2 is 1.87 bits per heavy atom. The first kappa shape index (κ1) is 25.8. The van der Waals surface area contributed by atoms with Crippen molar-refractivity contribution in [1.29, 1.82) is 0 Å². The molecule has 1 aliphatic heterocycles. The van der Waals surface area contributed by atoms with Crippen LogP contribution in [0.5, 0.6) is 0 Å². The van der Waals surface area contributed by atoms with E-state index >= 15 is 0 Å². The normalized spacial score (nSPS) is 12.4. The third-order valence-corrected chi connectivity index (χ3v) is 6.16. The molecule has 2 aromatic heterocycles. The molecule has 3 heterocycles. The number of alkyl halides is 3. The number of benzene rings is 2. The summed E-state index contributed by atoms with van der Waals surface area (Å²) in [7, 11) is 0. The number of hydrogen-bond donors (Lipinski definition) is 0. The van der Waals surface area contributed by atoms with E-state index in [9.17, 15) is 32.5 Å². The average Bonchev–Trinajstić information content (AvgIpc) is 3.39. The number of ketones is 1. The zero-order valence-corrected chi connectivity index (χ0v) is 19.9. The highest BCUT2D eigenvalue weighted by Crippen LogP contribution is 2.35. The van der Waals surface area contributed by atoms with Crippen LogP contribution in [0.3, 0.4) is 0 Å². The van der Waals surface area contributed by atoms with Crippen LogP contribution in [0.1, 0.15) is 38.4 Å². The maximum atomic E-state index is 14.7. The fourth-order valence-electron chi connectivity index (χ4n) is 4.30. The number of pyridine rings is 1. The van der Waals surface area contributed by atoms with E-state index in [1.165, 1.54) is 18.5 Å². The van der Waals surface area contributed by atoms with E-state index in [1.807, 2.05) is 6.07 Å². The number of Topliss-reactive ketones (excluding diaryl/α,β-unsaturated/α-hetero) is 1. The average molecular weight is 535 g/mol. The number of halogens is 4. The van der Waals surface area contributed by atoms with E-state index in [-0.39, 0.29) is 12.0 Å². The molecule has 5 rings (SSSR count). The van der Waals surface area contributed by atoms with Crippen molar-refractivity contribution in [3.8, 4) is 11.3 Å². The molecule has 1 aliphatic rings. The maximum absolute atomic E-state index is 14.7. The van der Waals surface area contributed by atoms with Crippen molar-refractivity contribution < 1.29 is 27.3 Å². The lowest BCUT2D eigenvalue weighted by molar-refractivity contribution is -0.385. The monoisotopic (exact) mass is 535 g/mol.